The van der Waals surface area contributed by atoms with E-state index in [1.165, 1.54) is 45.2 Å². The first-order chi connectivity index (χ1) is 6.24. The second-order valence-electron chi connectivity index (χ2n) is 4.41. The Balaban J connectivity index is 2.27. The standard InChI is InChI=1S/C11H24N2/c1-4-9-13(12(2)3)10-11-7-5-6-8-11/h11H,4-10H2,1-3H3. The van der Waals surface area contributed by atoms with Crippen molar-refractivity contribution in [2.75, 3.05) is 27.2 Å². The molecule has 0 spiro atoms. The normalized spacial score (nSPS) is 19.2. The zero-order valence-corrected chi connectivity index (χ0v) is 9.42. The van der Waals surface area contributed by atoms with Crippen LogP contribution < -0.4 is 0 Å². The molecule has 0 saturated heterocycles. The molecular weight excluding hydrogens is 160 g/mol. The predicted molar refractivity (Wildman–Crippen MR) is 57.5 cm³/mol. The van der Waals surface area contributed by atoms with Gasteiger partial charge in [-0.15, -0.1) is 0 Å². The maximum absolute atomic E-state index is 2.48. The molecule has 2 nitrogen and oxygen atoms in total. The molecule has 78 valence electrons. The van der Waals surface area contributed by atoms with Gasteiger partial charge in [0, 0.05) is 27.2 Å². The largest absolute Gasteiger partial charge is 0.248 e. The molecule has 0 atom stereocenters. The van der Waals surface area contributed by atoms with Gasteiger partial charge in [0.2, 0.25) is 0 Å². The minimum absolute atomic E-state index is 0.967. The summed E-state index contributed by atoms with van der Waals surface area (Å²) in [6.45, 7) is 4.75. The number of rotatable bonds is 5. The van der Waals surface area contributed by atoms with E-state index in [0.717, 1.165) is 5.92 Å². The van der Waals surface area contributed by atoms with E-state index in [-0.39, 0.29) is 0 Å². The quantitative estimate of drug-likeness (QED) is 0.605. The van der Waals surface area contributed by atoms with Gasteiger partial charge in [-0.3, -0.25) is 0 Å². The lowest BCUT2D eigenvalue weighted by molar-refractivity contribution is 0.0105. The maximum Gasteiger partial charge on any atom is 0.0161 e. The molecule has 0 N–H and O–H groups in total. The highest BCUT2D eigenvalue weighted by molar-refractivity contribution is 4.70. The lowest BCUT2D eigenvalue weighted by Gasteiger charge is -2.30. The van der Waals surface area contributed by atoms with Crippen molar-refractivity contribution >= 4 is 0 Å². The molecule has 1 saturated carbocycles. The van der Waals surface area contributed by atoms with E-state index in [1.807, 2.05) is 0 Å². The molecule has 0 aromatic rings. The maximum atomic E-state index is 2.48. The Kier molecular flexibility index (Phi) is 4.74. The third kappa shape index (κ3) is 3.65. The molecule has 2 heteroatoms. The van der Waals surface area contributed by atoms with E-state index in [2.05, 4.69) is 31.0 Å². The molecule has 0 heterocycles. The summed E-state index contributed by atoms with van der Waals surface area (Å²) in [5.41, 5.74) is 0. The van der Waals surface area contributed by atoms with Crippen molar-refractivity contribution < 1.29 is 0 Å². The van der Waals surface area contributed by atoms with Gasteiger partial charge in [-0.1, -0.05) is 19.8 Å². The average molecular weight is 184 g/mol. The predicted octanol–water partition coefficient (Wildman–Crippen LogP) is 2.37. The SMILES string of the molecule is CCCN(CC1CCCC1)N(C)C. The number of hydrazine groups is 1. The van der Waals surface area contributed by atoms with Crippen LogP contribution in [-0.2, 0) is 0 Å². The summed E-state index contributed by atoms with van der Waals surface area (Å²) in [6.07, 6.45) is 7.07. The summed E-state index contributed by atoms with van der Waals surface area (Å²) in [5, 5.41) is 4.73. The van der Waals surface area contributed by atoms with Crippen molar-refractivity contribution in [3.63, 3.8) is 0 Å². The first kappa shape index (κ1) is 11.0. The fourth-order valence-corrected chi connectivity index (χ4v) is 2.20. The average Bonchev–Trinajstić information content (AvgIpc) is 2.56. The van der Waals surface area contributed by atoms with Gasteiger partial charge in [0.25, 0.3) is 0 Å². The summed E-state index contributed by atoms with van der Waals surface area (Å²) in [5.74, 6) is 0.967. The number of nitrogens with zero attached hydrogens (tertiary/aromatic N) is 2. The van der Waals surface area contributed by atoms with E-state index in [9.17, 15) is 0 Å². The zero-order chi connectivity index (χ0) is 9.68. The van der Waals surface area contributed by atoms with E-state index in [1.54, 1.807) is 0 Å². The third-order valence-corrected chi connectivity index (χ3v) is 2.99. The summed E-state index contributed by atoms with van der Waals surface area (Å²) in [4.78, 5) is 0. The van der Waals surface area contributed by atoms with Gasteiger partial charge < -0.3 is 0 Å². The van der Waals surface area contributed by atoms with Crippen molar-refractivity contribution in [2.45, 2.75) is 39.0 Å². The van der Waals surface area contributed by atoms with Crippen LogP contribution in [0, 0.1) is 5.92 Å². The molecule has 1 aliphatic carbocycles. The lowest BCUT2D eigenvalue weighted by Crippen LogP contribution is -2.40. The Hall–Kier alpha value is -0.0800. The Labute approximate surface area is 82.9 Å². The van der Waals surface area contributed by atoms with E-state index in [4.69, 9.17) is 0 Å². The van der Waals surface area contributed by atoms with Crippen LogP contribution in [0.25, 0.3) is 0 Å². The van der Waals surface area contributed by atoms with E-state index < -0.39 is 0 Å². The van der Waals surface area contributed by atoms with E-state index in [0.29, 0.717) is 0 Å². The van der Waals surface area contributed by atoms with Gasteiger partial charge in [0.15, 0.2) is 0 Å². The molecule has 1 aliphatic rings. The first-order valence-corrected chi connectivity index (χ1v) is 5.66. The molecule has 1 fully saturated rings. The molecule has 0 aromatic heterocycles. The van der Waals surface area contributed by atoms with Crippen molar-refractivity contribution in [2.24, 2.45) is 5.92 Å². The minimum atomic E-state index is 0.967. The van der Waals surface area contributed by atoms with Crippen molar-refractivity contribution in [1.82, 2.24) is 10.0 Å². The van der Waals surface area contributed by atoms with Gasteiger partial charge in [-0.05, 0) is 25.2 Å². The highest BCUT2D eigenvalue weighted by atomic mass is 15.6. The van der Waals surface area contributed by atoms with Crippen LogP contribution in [0.5, 0.6) is 0 Å². The lowest BCUT2D eigenvalue weighted by atomic mass is 10.1. The minimum Gasteiger partial charge on any atom is -0.248 e. The smallest absolute Gasteiger partial charge is 0.0161 e. The van der Waals surface area contributed by atoms with Crippen LogP contribution in [0.15, 0.2) is 0 Å². The zero-order valence-electron chi connectivity index (χ0n) is 9.42. The van der Waals surface area contributed by atoms with Crippen molar-refractivity contribution in [3.8, 4) is 0 Å². The van der Waals surface area contributed by atoms with Gasteiger partial charge in [-0.25, -0.2) is 10.0 Å². The van der Waals surface area contributed by atoms with E-state index >= 15 is 0 Å². The molecule has 13 heavy (non-hydrogen) atoms. The Morgan fingerprint density at radius 1 is 1.15 bits per heavy atom. The molecule has 0 amide bonds. The highest BCUT2D eigenvalue weighted by Gasteiger charge is 2.18. The second kappa shape index (κ2) is 5.61. The summed E-state index contributed by atoms with van der Waals surface area (Å²) in [6, 6.07) is 0. The van der Waals surface area contributed by atoms with Gasteiger partial charge in [0.1, 0.15) is 0 Å². The van der Waals surface area contributed by atoms with Gasteiger partial charge in [-0.2, -0.15) is 0 Å². The van der Waals surface area contributed by atoms with Crippen LogP contribution in [0.2, 0.25) is 0 Å². The molecule has 0 radical (unpaired) electrons. The monoisotopic (exact) mass is 184 g/mol. The topological polar surface area (TPSA) is 6.48 Å². The molecule has 1 rings (SSSR count). The highest BCUT2D eigenvalue weighted by Crippen LogP contribution is 2.25. The molecular formula is C11H24N2. The number of hydrogen-bond donors (Lipinski definition) is 0. The van der Waals surface area contributed by atoms with Crippen LogP contribution >= 0.6 is 0 Å². The second-order valence-corrected chi connectivity index (χ2v) is 4.41. The molecule has 0 unspecified atom stereocenters. The van der Waals surface area contributed by atoms with Crippen LogP contribution in [0.4, 0.5) is 0 Å². The summed E-state index contributed by atoms with van der Waals surface area (Å²) >= 11 is 0. The van der Waals surface area contributed by atoms with Crippen molar-refractivity contribution in [3.05, 3.63) is 0 Å². The molecule has 0 bridgehead atoms. The molecule has 0 aliphatic heterocycles. The number of hydrogen-bond acceptors (Lipinski definition) is 2. The van der Waals surface area contributed by atoms with Gasteiger partial charge >= 0.3 is 0 Å². The fourth-order valence-electron chi connectivity index (χ4n) is 2.20. The first-order valence-electron chi connectivity index (χ1n) is 5.66. The molecule has 0 aromatic carbocycles. The summed E-state index contributed by atoms with van der Waals surface area (Å²) < 4.78 is 0. The van der Waals surface area contributed by atoms with Crippen molar-refractivity contribution in [1.29, 1.82) is 0 Å². The van der Waals surface area contributed by atoms with Gasteiger partial charge in [0.05, 0.1) is 0 Å². The Bertz CT molecular complexity index is 128. The third-order valence-electron chi connectivity index (χ3n) is 2.99. The van der Waals surface area contributed by atoms with Crippen LogP contribution in [-0.4, -0.2) is 37.2 Å². The Morgan fingerprint density at radius 3 is 2.23 bits per heavy atom. The summed E-state index contributed by atoms with van der Waals surface area (Å²) in [7, 11) is 4.31. The fraction of sp³-hybridized carbons (Fsp3) is 1.00. The Morgan fingerprint density at radius 2 is 1.77 bits per heavy atom. The van der Waals surface area contributed by atoms with Crippen LogP contribution in [0.3, 0.4) is 0 Å². The van der Waals surface area contributed by atoms with Crippen LogP contribution in [0.1, 0.15) is 39.0 Å².